The lowest BCUT2D eigenvalue weighted by Crippen LogP contribution is -1.94. The first-order valence-electron chi connectivity index (χ1n) is 12.9. The number of H-pyrrole nitrogens is 1. The second-order valence-electron chi connectivity index (χ2n) is 10.6. The minimum atomic E-state index is 1.18. The second-order valence-corrected chi connectivity index (χ2v) is 10.6. The van der Waals surface area contributed by atoms with E-state index in [0.29, 0.717) is 0 Å². The molecule has 1 aromatic heterocycles. The molecule has 37 heavy (non-hydrogen) atoms. The summed E-state index contributed by atoms with van der Waals surface area (Å²) in [5.74, 6) is 0. The molecule has 0 aliphatic heterocycles. The van der Waals surface area contributed by atoms with Gasteiger partial charge in [0, 0.05) is 22.2 Å². The van der Waals surface area contributed by atoms with Crippen molar-refractivity contribution in [3.05, 3.63) is 109 Å². The van der Waals surface area contributed by atoms with Crippen molar-refractivity contribution in [3.63, 3.8) is 0 Å². The third kappa shape index (κ3) is 2.14. The van der Waals surface area contributed by atoms with Crippen LogP contribution in [0.3, 0.4) is 0 Å². The molecule has 0 saturated heterocycles. The van der Waals surface area contributed by atoms with Crippen molar-refractivity contribution in [2.24, 2.45) is 0 Å². The molecule has 1 nitrogen and oxygen atoms in total. The highest BCUT2D eigenvalue weighted by Crippen LogP contribution is 2.50. The molecule has 0 unspecified atom stereocenters. The smallest absolute Gasteiger partial charge is 0.0471 e. The van der Waals surface area contributed by atoms with Gasteiger partial charge in [0.05, 0.1) is 0 Å². The van der Waals surface area contributed by atoms with Crippen LogP contribution in [0, 0.1) is 0 Å². The molecular formula is C36H19N. The lowest BCUT2D eigenvalue weighted by atomic mass is 9.81. The molecule has 10 rings (SSSR count). The summed E-state index contributed by atoms with van der Waals surface area (Å²) in [4.78, 5) is 3.78. The lowest BCUT2D eigenvalue weighted by Gasteiger charge is -2.21. The molecule has 0 aliphatic carbocycles. The summed E-state index contributed by atoms with van der Waals surface area (Å²) in [5.41, 5.74) is 3.63. The first-order chi connectivity index (χ1) is 18.3. The average Bonchev–Trinajstić information content (AvgIpc) is 3.36. The Bertz CT molecular complexity index is 2400. The van der Waals surface area contributed by atoms with Gasteiger partial charge in [0.15, 0.2) is 0 Å². The Hall–Kier alpha value is -4.88. The van der Waals surface area contributed by atoms with Crippen LogP contribution in [0.4, 0.5) is 0 Å². The van der Waals surface area contributed by atoms with E-state index in [2.05, 4.69) is 114 Å². The van der Waals surface area contributed by atoms with Crippen molar-refractivity contribution in [2.75, 3.05) is 0 Å². The number of rotatable bonds is 1. The van der Waals surface area contributed by atoms with E-state index in [1.807, 2.05) is 0 Å². The molecule has 0 spiro atoms. The maximum absolute atomic E-state index is 3.78. The Kier molecular flexibility index (Phi) is 3.03. The van der Waals surface area contributed by atoms with Gasteiger partial charge in [-0.2, -0.15) is 0 Å². The Morgan fingerprint density at radius 1 is 0.351 bits per heavy atom. The molecule has 0 atom stereocenters. The summed E-state index contributed by atoms with van der Waals surface area (Å²) in [6.45, 7) is 0. The van der Waals surface area contributed by atoms with Gasteiger partial charge in [0.2, 0.25) is 0 Å². The summed E-state index contributed by atoms with van der Waals surface area (Å²) >= 11 is 0. The van der Waals surface area contributed by atoms with Crippen molar-refractivity contribution in [1.29, 1.82) is 0 Å². The van der Waals surface area contributed by atoms with Crippen LogP contribution in [-0.2, 0) is 0 Å². The van der Waals surface area contributed by atoms with Gasteiger partial charge in [-0.3, -0.25) is 0 Å². The largest absolute Gasteiger partial charge is 0.354 e. The SMILES string of the molecule is c1ccc2cc3[nH]c(-c4cc5ccc6ccc7ccc8ccc9ccc4c4c9c8c7c6c54)cc3cc2c1. The normalized spacial score (nSPS) is 12.9. The summed E-state index contributed by atoms with van der Waals surface area (Å²) in [7, 11) is 0. The maximum Gasteiger partial charge on any atom is 0.0471 e. The monoisotopic (exact) mass is 465 g/mol. The number of benzene rings is 9. The Balaban J connectivity index is 1.44. The van der Waals surface area contributed by atoms with Gasteiger partial charge in [0.25, 0.3) is 0 Å². The highest BCUT2D eigenvalue weighted by molar-refractivity contribution is 6.45. The molecule has 0 fully saturated rings. The van der Waals surface area contributed by atoms with Gasteiger partial charge >= 0.3 is 0 Å². The van der Waals surface area contributed by atoms with Gasteiger partial charge in [-0.25, -0.2) is 0 Å². The van der Waals surface area contributed by atoms with Crippen LogP contribution in [0.2, 0.25) is 0 Å². The van der Waals surface area contributed by atoms with Crippen LogP contribution in [0.1, 0.15) is 0 Å². The zero-order valence-electron chi connectivity index (χ0n) is 19.9. The van der Waals surface area contributed by atoms with Gasteiger partial charge in [-0.15, -0.1) is 0 Å². The molecule has 0 aliphatic rings. The van der Waals surface area contributed by atoms with Gasteiger partial charge < -0.3 is 4.98 Å². The summed E-state index contributed by atoms with van der Waals surface area (Å²) in [5, 5.41) is 20.2. The van der Waals surface area contributed by atoms with Gasteiger partial charge in [-0.1, -0.05) is 84.9 Å². The quantitative estimate of drug-likeness (QED) is 0.183. The van der Waals surface area contributed by atoms with Crippen molar-refractivity contribution < 1.29 is 0 Å². The minimum absolute atomic E-state index is 1.18. The fraction of sp³-hybridized carbons (Fsp3) is 0. The minimum Gasteiger partial charge on any atom is -0.354 e. The van der Waals surface area contributed by atoms with Crippen molar-refractivity contribution in [3.8, 4) is 11.3 Å². The number of aromatic amines is 1. The average molecular weight is 466 g/mol. The molecule has 168 valence electrons. The van der Waals surface area contributed by atoms with Gasteiger partial charge in [-0.05, 0) is 99.7 Å². The molecule has 0 saturated carbocycles. The molecular weight excluding hydrogens is 446 g/mol. The summed E-state index contributed by atoms with van der Waals surface area (Å²) in [6, 6.07) is 40.9. The van der Waals surface area contributed by atoms with E-state index < -0.39 is 0 Å². The fourth-order valence-corrected chi connectivity index (χ4v) is 7.18. The van der Waals surface area contributed by atoms with Crippen molar-refractivity contribution in [2.45, 2.75) is 0 Å². The molecule has 1 N–H and O–H groups in total. The van der Waals surface area contributed by atoms with E-state index in [-0.39, 0.29) is 0 Å². The number of nitrogens with one attached hydrogen (secondary N) is 1. The van der Waals surface area contributed by atoms with E-state index >= 15 is 0 Å². The zero-order valence-corrected chi connectivity index (χ0v) is 19.9. The highest BCUT2D eigenvalue weighted by atomic mass is 14.7. The molecule has 9 aromatic carbocycles. The second kappa shape index (κ2) is 6.08. The molecule has 0 bridgehead atoms. The van der Waals surface area contributed by atoms with Crippen molar-refractivity contribution >= 4 is 86.3 Å². The summed E-state index contributed by atoms with van der Waals surface area (Å²) in [6.07, 6.45) is 0. The van der Waals surface area contributed by atoms with Crippen LogP contribution in [0.25, 0.3) is 97.6 Å². The van der Waals surface area contributed by atoms with Crippen LogP contribution in [-0.4, -0.2) is 4.98 Å². The van der Waals surface area contributed by atoms with Gasteiger partial charge in [0.1, 0.15) is 0 Å². The third-order valence-electron chi connectivity index (χ3n) is 8.78. The first-order valence-corrected chi connectivity index (χ1v) is 12.9. The van der Waals surface area contributed by atoms with Crippen LogP contribution in [0.15, 0.2) is 109 Å². The van der Waals surface area contributed by atoms with Crippen LogP contribution < -0.4 is 0 Å². The topological polar surface area (TPSA) is 15.8 Å². The highest BCUT2D eigenvalue weighted by Gasteiger charge is 2.22. The van der Waals surface area contributed by atoms with Crippen LogP contribution >= 0.6 is 0 Å². The number of fused-ring (bicyclic) bond motifs is 2. The Morgan fingerprint density at radius 2 is 0.865 bits per heavy atom. The van der Waals surface area contributed by atoms with Crippen molar-refractivity contribution in [1.82, 2.24) is 4.98 Å². The standard InChI is InChI=1S/C36H19N/c1-2-4-24-17-29-26(15-23(24)3-1)18-30(37-29)28-16-25-12-11-21-8-6-19-5-7-20-9-10-22-13-14-27(28)36-34(22)32(20)31(19)33(21)35(25)36/h1-18,37H. The molecule has 10 aromatic rings. The number of hydrogen-bond donors (Lipinski definition) is 1. The van der Waals surface area contributed by atoms with E-state index in [1.165, 1.54) is 97.6 Å². The van der Waals surface area contributed by atoms with E-state index in [9.17, 15) is 0 Å². The Labute approximate surface area is 211 Å². The fourth-order valence-electron chi connectivity index (χ4n) is 7.18. The number of aromatic nitrogens is 1. The van der Waals surface area contributed by atoms with Crippen LogP contribution in [0.5, 0.6) is 0 Å². The maximum atomic E-state index is 3.78. The predicted octanol–water partition coefficient (Wildman–Crippen LogP) is 10.2. The molecule has 1 heterocycles. The van der Waals surface area contributed by atoms with E-state index in [4.69, 9.17) is 0 Å². The molecule has 0 amide bonds. The third-order valence-corrected chi connectivity index (χ3v) is 8.78. The molecule has 1 heteroatoms. The Morgan fingerprint density at radius 3 is 1.51 bits per heavy atom. The lowest BCUT2D eigenvalue weighted by molar-refractivity contribution is 1.47. The molecule has 0 radical (unpaired) electrons. The van der Waals surface area contributed by atoms with E-state index in [0.717, 1.165) is 0 Å². The summed E-state index contributed by atoms with van der Waals surface area (Å²) < 4.78 is 0. The number of hydrogen-bond acceptors (Lipinski definition) is 0. The predicted molar refractivity (Wildman–Crippen MR) is 160 cm³/mol. The van der Waals surface area contributed by atoms with E-state index in [1.54, 1.807) is 0 Å². The zero-order chi connectivity index (χ0) is 23.8. The first kappa shape index (κ1) is 18.4.